The molecular weight excluding hydrogens is 302 g/mol. The Morgan fingerprint density at radius 3 is 2.63 bits per heavy atom. The van der Waals surface area contributed by atoms with Gasteiger partial charge in [-0.25, -0.2) is 0 Å². The Hall–Kier alpha value is -0.380. The second-order valence-electron chi connectivity index (χ2n) is 6.16. The Labute approximate surface area is 124 Å². The van der Waals surface area contributed by atoms with Crippen molar-refractivity contribution in [1.82, 2.24) is 5.32 Å². The fourth-order valence-electron chi connectivity index (χ4n) is 3.25. The molecule has 1 spiro atoms. The predicted octanol–water partition coefficient (Wildman–Crippen LogP) is 4.06. The van der Waals surface area contributed by atoms with Gasteiger partial charge in [-0.3, -0.25) is 0 Å². The quantitative estimate of drug-likeness (QED) is 0.841. The van der Waals surface area contributed by atoms with Gasteiger partial charge in [-0.05, 0) is 43.2 Å². The average Bonchev–Trinajstić information content (AvgIpc) is 2.44. The molecule has 0 amide bonds. The van der Waals surface area contributed by atoms with Crippen molar-refractivity contribution in [2.45, 2.75) is 44.2 Å². The van der Waals surface area contributed by atoms with Gasteiger partial charge in [-0.2, -0.15) is 0 Å². The third-order valence-electron chi connectivity index (χ3n) is 4.71. The van der Waals surface area contributed by atoms with Crippen LogP contribution in [-0.2, 0) is 4.74 Å². The highest BCUT2D eigenvalue weighted by Gasteiger charge is 2.38. The number of hydrogen-bond donors (Lipinski definition) is 1. The third kappa shape index (κ3) is 2.88. The molecule has 19 heavy (non-hydrogen) atoms. The summed E-state index contributed by atoms with van der Waals surface area (Å²) in [5.74, 6) is 0.883. The number of halogens is 1. The van der Waals surface area contributed by atoms with Crippen molar-refractivity contribution in [2.24, 2.45) is 5.92 Å². The summed E-state index contributed by atoms with van der Waals surface area (Å²) in [5, 5.41) is 3.78. The standard InChI is InChI=1S/C16H22BrNO/c1-12-6-8-16(9-7-12)11-19-15(10-18-16)13-4-2-3-5-14(13)17/h2-5,12,15,18H,6-11H2,1H3. The van der Waals surface area contributed by atoms with Crippen LogP contribution >= 0.6 is 15.9 Å². The summed E-state index contributed by atoms with van der Waals surface area (Å²) in [4.78, 5) is 0. The highest BCUT2D eigenvalue weighted by Crippen LogP contribution is 2.37. The lowest BCUT2D eigenvalue weighted by atomic mass is 9.77. The minimum atomic E-state index is 0.181. The Morgan fingerprint density at radius 1 is 1.26 bits per heavy atom. The van der Waals surface area contributed by atoms with Gasteiger partial charge in [-0.1, -0.05) is 41.1 Å². The minimum absolute atomic E-state index is 0.181. The van der Waals surface area contributed by atoms with Crippen LogP contribution in [0.2, 0.25) is 0 Å². The van der Waals surface area contributed by atoms with Gasteiger partial charge in [0, 0.05) is 16.6 Å². The summed E-state index contributed by atoms with van der Waals surface area (Å²) in [6.07, 6.45) is 5.36. The highest BCUT2D eigenvalue weighted by molar-refractivity contribution is 9.10. The van der Waals surface area contributed by atoms with Crippen molar-refractivity contribution in [2.75, 3.05) is 13.2 Å². The van der Waals surface area contributed by atoms with E-state index in [0.717, 1.165) is 23.5 Å². The van der Waals surface area contributed by atoms with Crippen LogP contribution in [0.15, 0.2) is 28.7 Å². The van der Waals surface area contributed by atoms with E-state index in [1.807, 2.05) is 6.07 Å². The third-order valence-corrected chi connectivity index (χ3v) is 5.43. The van der Waals surface area contributed by atoms with E-state index >= 15 is 0 Å². The maximum atomic E-state index is 6.18. The van der Waals surface area contributed by atoms with Gasteiger partial charge in [0.2, 0.25) is 0 Å². The number of morpholine rings is 1. The molecule has 2 nitrogen and oxygen atoms in total. The molecule has 1 heterocycles. The van der Waals surface area contributed by atoms with Gasteiger partial charge < -0.3 is 10.1 Å². The Bertz CT molecular complexity index is 430. The zero-order valence-corrected chi connectivity index (χ0v) is 13.1. The second-order valence-corrected chi connectivity index (χ2v) is 7.02. The molecule has 1 aromatic carbocycles. The van der Waals surface area contributed by atoms with Gasteiger partial charge >= 0.3 is 0 Å². The summed E-state index contributed by atoms with van der Waals surface area (Å²) in [6, 6.07) is 8.37. The smallest absolute Gasteiger partial charge is 0.0961 e. The maximum Gasteiger partial charge on any atom is 0.0961 e. The first kappa shape index (κ1) is 13.6. The lowest BCUT2D eigenvalue weighted by Crippen LogP contribution is -2.56. The molecular formula is C16H22BrNO. The molecule has 2 aliphatic rings. The molecule has 1 saturated carbocycles. The molecule has 0 aromatic heterocycles. The van der Waals surface area contributed by atoms with Gasteiger partial charge in [0.25, 0.3) is 0 Å². The summed E-state index contributed by atoms with van der Waals surface area (Å²) in [7, 11) is 0. The van der Waals surface area contributed by atoms with E-state index in [1.54, 1.807) is 0 Å². The molecule has 1 N–H and O–H groups in total. The molecule has 1 aliphatic heterocycles. The molecule has 1 atom stereocenters. The normalized spacial score (nSPS) is 35.5. The number of hydrogen-bond acceptors (Lipinski definition) is 2. The van der Waals surface area contributed by atoms with Crippen molar-refractivity contribution in [3.8, 4) is 0 Å². The highest BCUT2D eigenvalue weighted by atomic mass is 79.9. The van der Waals surface area contributed by atoms with Crippen molar-refractivity contribution in [1.29, 1.82) is 0 Å². The number of ether oxygens (including phenoxy) is 1. The van der Waals surface area contributed by atoms with E-state index < -0.39 is 0 Å². The van der Waals surface area contributed by atoms with Gasteiger partial charge in [0.05, 0.1) is 12.7 Å². The minimum Gasteiger partial charge on any atom is -0.370 e. The van der Waals surface area contributed by atoms with Gasteiger partial charge in [0.1, 0.15) is 0 Å². The molecule has 1 aliphatic carbocycles. The fraction of sp³-hybridized carbons (Fsp3) is 0.625. The SMILES string of the molecule is CC1CCC2(CC1)COC(c1ccccc1Br)CN2. The molecule has 0 radical (unpaired) electrons. The number of rotatable bonds is 1. The summed E-state index contributed by atoms with van der Waals surface area (Å²) >= 11 is 3.62. The molecule has 3 heteroatoms. The first-order valence-corrected chi connectivity index (χ1v) is 8.09. The molecule has 1 saturated heterocycles. The summed E-state index contributed by atoms with van der Waals surface area (Å²) in [5.41, 5.74) is 1.51. The second kappa shape index (κ2) is 5.55. The van der Waals surface area contributed by atoms with E-state index in [9.17, 15) is 0 Å². The van der Waals surface area contributed by atoms with Crippen LogP contribution in [0.25, 0.3) is 0 Å². The first-order chi connectivity index (χ1) is 9.19. The fourth-order valence-corrected chi connectivity index (χ4v) is 3.79. The Kier molecular flexibility index (Phi) is 3.97. The lowest BCUT2D eigenvalue weighted by Gasteiger charge is -2.45. The monoisotopic (exact) mass is 323 g/mol. The first-order valence-electron chi connectivity index (χ1n) is 7.30. The van der Waals surface area contributed by atoms with Gasteiger partial charge in [0.15, 0.2) is 0 Å². The lowest BCUT2D eigenvalue weighted by molar-refractivity contribution is -0.0506. The van der Waals surface area contributed by atoms with E-state index in [4.69, 9.17) is 4.74 Å². The zero-order chi connectivity index (χ0) is 13.3. The van der Waals surface area contributed by atoms with E-state index in [2.05, 4.69) is 46.4 Å². The maximum absolute atomic E-state index is 6.18. The molecule has 104 valence electrons. The van der Waals surface area contributed by atoms with Crippen molar-refractivity contribution >= 4 is 15.9 Å². The van der Waals surface area contributed by atoms with Crippen molar-refractivity contribution in [3.63, 3.8) is 0 Å². The molecule has 0 bridgehead atoms. The molecule has 1 aromatic rings. The van der Waals surface area contributed by atoms with Crippen LogP contribution in [0.3, 0.4) is 0 Å². The van der Waals surface area contributed by atoms with Crippen LogP contribution in [0.5, 0.6) is 0 Å². The predicted molar refractivity (Wildman–Crippen MR) is 81.2 cm³/mol. The number of nitrogens with one attached hydrogen (secondary N) is 1. The molecule has 3 rings (SSSR count). The Balaban J connectivity index is 1.65. The van der Waals surface area contributed by atoms with E-state index in [0.29, 0.717) is 0 Å². The topological polar surface area (TPSA) is 21.3 Å². The average molecular weight is 324 g/mol. The van der Waals surface area contributed by atoms with Crippen LogP contribution < -0.4 is 5.32 Å². The summed E-state index contributed by atoms with van der Waals surface area (Å²) < 4.78 is 7.33. The zero-order valence-electron chi connectivity index (χ0n) is 11.5. The van der Waals surface area contributed by atoms with Gasteiger partial charge in [-0.15, -0.1) is 0 Å². The molecule has 1 unspecified atom stereocenters. The Morgan fingerprint density at radius 2 is 2.00 bits per heavy atom. The van der Waals surface area contributed by atoms with Crippen molar-refractivity contribution in [3.05, 3.63) is 34.3 Å². The van der Waals surface area contributed by atoms with Crippen LogP contribution in [-0.4, -0.2) is 18.7 Å². The molecule has 2 fully saturated rings. The van der Waals surface area contributed by atoms with Crippen LogP contribution in [0.1, 0.15) is 44.3 Å². The van der Waals surface area contributed by atoms with Crippen molar-refractivity contribution < 1.29 is 4.74 Å². The largest absolute Gasteiger partial charge is 0.370 e. The van der Waals surface area contributed by atoms with Crippen LogP contribution in [0, 0.1) is 5.92 Å². The summed E-state index contributed by atoms with van der Waals surface area (Å²) in [6.45, 7) is 4.14. The van der Waals surface area contributed by atoms with E-state index in [-0.39, 0.29) is 11.6 Å². The van der Waals surface area contributed by atoms with E-state index in [1.165, 1.54) is 31.2 Å². The van der Waals surface area contributed by atoms with Crippen LogP contribution in [0.4, 0.5) is 0 Å². The number of benzene rings is 1.